The van der Waals surface area contributed by atoms with Crippen molar-refractivity contribution in [3.05, 3.63) is 84.4 Å². The van der Waals surface area contributed by atoms with Crippen molar-refractivity contribution >= 4 is 54.1 Å². The van der Waals surface area contributed by atoms with Crippen LogP contribution in [0.1, 0.15) is 26.3 Å². The number of para-hydroxylation sites is 1. The third-order valence-electron chi connectivity index (χ3n) is 6.20. The number of nitrogens with zero attached hydrogens (tertiary/aromatic N) is 1. The number of fused-ring (bicyclic) bond motifs is 9. The van der Waals surface area contributed by atoms with E-state index in [0.717, 1.165) is 6.54 Å². The van der Waals surface area contributed by atoms with Crippen LogP contribution in [0, 0.1) is 6.92 Å². The van der Waals surface area contributed by atoms with E-state index in [1.165, 1.54) is 59.7 Å². The van der Waals surface area contributed by atoms with Gasteiger partial charge in [-0.15, -0.1) is 0 Å². The average molecular weight is 390 g/mol. The molecule has 1 heterocycles. The Kier molecular flexibility index (Phi) is 4.47. The van der Waals surface area contributed by atoms with E-state index in [4.69, 9.17) is 0 Å². The molecule has 0 unspecified atom stereocenters. The lowest BCUT2D eigenvalue weighted by Gasteiger charge is -2.12. The smallest absolute Gasteiger partial charge is 0.0497 e. The summed E-state index contributed by atoms with van der Waals surface area (Å²) in [6.45, 7) is 9.38. The Morgan fingerprint density at radius 1 is 0.533 bits per heavy atom. The monoisotopic (exact) mass is 389 g/mol. The lowest BCUT2D eigenvalue weighted by molar-refractivity contribution is 0.827. The Morgan fingerprint density at radius 2 is 1.10 bits per heavy atom. The summed E-state index contributed by atoms with van der Waals surface area (Å²) < 4.78 is 2.44. The molecule has 0 radical (unpaired) electrons. The van der Waals surface area contributed by atoms with Gasteiger partial charge in [-0.2, -0.15) is 0 Å². The molecule has 30 heavy (non-hydrogen) atoms. The quantitative estimate of drug-likeness (QED) is 0.248. The minimum Gasteiger partial charge on any atom is -0.341 e. The van der Waals surface area contributed by atoms with Gasteiger partial charge in [-0.1, -0.05) is 80.1 Å². The average Bonchev–Trinajstić information content (AvgIpc) is 3.12. The van der Waals surface area contributed by atoms with Crippen molar-refractivity contribution in [3.8, 4) is 0 Å². The van der Waals surface area contributed by atoms with Crippen LogP contribution in [0.15, 0.2) is 78.9 Å². The zero-order valence-corrected chi connectivity index (χ0v) is 18.2. The minimum atomic E-state index is 0.972. The lowest BCUT2D eigenvalue weighted by Crippen LogP contribution is -1.93. The van der Waals surface area contributed by atoms with E-state index in [-0.39, 0.29) is 0 Å². The molecule has 0 aliphatic heterocycles. The fourth-order valence-corrected chi connectivity index (χ4v) is 4.95. The van der Waals surface area contributed by atoms with E-state index in [0.29, 0.717) is 0 Å². The minimum absolute atomic E-state index is 0.972. The molecule has 148 valence electrons. The lowest BCUT2D eigenvalue weighted by atomic mass is 9.92. The molecule has 0 aliphatic carbocycles. The van der Waals surface area contributed by atoms with Gasteiger partial charge >= 0.3 is 0 Å². The van der Waals surface area contributed by atoms with Crippen molar-refractivity contribution < 1.29 is 0 Å². The van der Waals surface area contributed by atoms with Gasteiger partial charge in [0.15, 0.2) is 0 Å². The number of benzene rings is 5. The Morgan fingerprint density at radius 3 is 1.80 bits per heavy atom. The zero-order valence-electron chi connectivity index (χ0n) is 18.2. The van der Waals surface area contributed by atoms with Gasteiger partial charge in [0, 0.05) is 28.4 Å². The van der Waals surface area contributed by atoms with Gasteiger partial charge < -0.3 is 4.57 Å². The standard InChI is InChI=1S/C27H21N.C2H6/c1-3-28-26-11-7-6-10-21(26)25-15-23-20-13-12-17(2)14-22(20)18-8-4-5-9-19(18)24(23)16-27(25)28;1-2/h4-16H,3H2,1-2H3;1-2H3. The molecule has 1 aromatic heterocycles. The van der Waals surface area contributed by atoms with Crippen LogP contribution in [0.3, 0.4) is 0 Å². The summed E-state index contributed by atoms with van der Waals surface area (Å²) >= 11 is 0. The van der Waals surface area contributed by atoms with E-state index in [1.807, 2.05) is 13.8 Å². The number of aromatic nitrogens is 1. The molecule has 5 aromatic carbocycles. The summed E-state index contributed by atoms with van der Waals surface area (Å²) in [5, 5.41) is 10.8. The first-order valence-electron chi connectivity index (χ1n) is 11.0. The van der Waals surface area contributed by atoms with Gasteiger partial charge in [-0.05, 0) is 64.4 Å². The highest BCUT2D eigenvalue weighted by molar-refractivity contribution is 6.28. The van der Waals surface area contributed by atoms with E-state index < -0.39 is 0 Å². The summed E-state index contributed by atoms with van der Waals surface area (Å²) in [5.74, 6) is 0. The second kappa shape index (κ2) is 7.18. The predicted octanol–water partition coefficient (Wildman–Crippen LogP) is 8.61. The molecule has 1 nitrogen and oxygen atoms in total. The van der Waals surface area contributed by atoms with Crippen molar-refractivity contribution in [1.29, 1.82) is 0 Å². The number of hydrogen-bond acceptors (Lipinski definition) is 0. The Hall–Kier alpha value is -3.32. The molecule has 1 heteroatoms. The van der Waals surface area contributed by atoms with Gasteiger partial charge in [-0.25, -0.2) is 0 Å². The fourth-order valence-electron chi connectivity index (χ4n) is 4.95. The summed E-state index contributed by atoms with van der Waals surface area (Å²) in [4.78, 5) is 0. The molecule has 0 fully saturated rings. The highest BCUT2D eigenvalue weighted by Gasteiger charge is 2.14. The van der Waals surface area contributed by atoms with Gasteiger partial charge in [0.2, 0.25) is 0 Å². The van der Waals surface area contributed by atoms with Crippen LogP contribution in [0.25, 0.3) is 54.1 Å². The summed E-state index contributed by atoms with van der Waals surface area (Å²) in [6, 6.07) is 29.3. The van der Waals surface area contributed by atoms with E-state index in [9.17, 15) is 0 Å². The van der Waals surface area contributed by atoms with Gasteiger partial charge in [0.1, 0.15) is 0 Å². The molecule has 0 atom stereocenters. The molecule has 0 bridgehead atoms. The van der Waals surface area contributed by atoms with Crippen molar-refractivity contribution in [3.63, 3.8) is 0 Å². The predicted molar refractivity (Wildman–Crippen MR) is 134 cm³/mol. The molecule has 0 amide bonds. The van der Waals surface area contributed by atoms with E-state index in [1.54, 1.807) is 0 Å². The van der Waals surface area contributed by atoms with E-state index >= 15 is 0 Å². The molecule has 0 saturated heterocycles. The Labute approximate surface area is 177 Å². The molecular formula is C29H27N. The van der Waals surface area contributed by atoms with Crippen molar-refractivity contribution in [1.82, 2.24) is 4.57 Å². The van der Waals surface area contributed by atoms with Crippen LogP contribution in [-0.2, 0) is 6.54 Å². The Balaban J connectivity index is 0.000000937. The van der Waals surface area contributed by atoms with Crippen LogP contribution in [0.2, 0.25) is 0 Å². The van der Waals surface area contributed by atoms with Crippen LogP contribution in [0.5, 0.6) is 0 Å². The third kappa shape index (κ3) is 2.55. The normalized spacial score (nSPS) is 11.5. The number of rotatable bonds is 1. The third-order valence-corrected chi connectivity index (χ3v) is 6.20. The zero-order chi connectivity index (χ0) is 20.8. The molecule has 0 aliphatic rings. The van der Waals surface area contributed by atoms with Crippen LogP contribution < -0.4 is 0 Å². The molecule has 6 rings (SSSR count). The van der Waals surface area contributed by atoms with Gasteiger partial charge in [0.25, 0.3) is 0 Å². The number of hydrogen-bond donors (Lipinski definition) is 0. The van der Waals surface area contributed by atoms with Crippen molar-refractivity contribution in [2.45, 2.75) is 34.2 Å². The number of aryl methyl sites for hydroxylation is 2. The molecular weight excluding hydrogens is 362 g/mol. The van der Waals surface area contributed by atoms with Gasteiger partial charge in [-0.3, -0.25) is 0 Å². The van der Waals surface area contributed by atoms with Crippen molar-refractivity contribution in [2.75, 3.05) is 0 Å². The maximum Gasteiger partial charge on any atom is 0.0497 e. The first-order chi connectivity index (χ1) is 14.8. The molecule has 6 aromatic rings. The maximum absolute atomic E-state index is 2.44. The maximum atomic E-state index is 2.44. The first-order valence-corrected chi connectivity index (χ1v) is 11.0. The summed E-state index contributed by atoms with van der Waals surface area (Å²) in [7, 11) is 0. The van der Waals surface area contributed by atoms with Crippen LogP contribution in [-0.4, -0.2) is 4.57 Å². The fraction of sp³-hybridized carbons (Fsp3) is 0.172. The molecule has 0 spiro atoms. The highest BCUT2D eigenvalue weighted by atomic mass is 15.0. The van der Waals surface area contributed by atoms with Crippen molar-refractivity contribution in [2.24, 2.45) is 0 Å². The van der Waals surface area contributed by atoms with Crippen LogP contribution >= 0.6 is 0 Å². The second-order valence-corrected chi connectivity index (χ2v) is 7.77. The molecule has 0 N–H and O–H groups in total. The summed E-state index contributed by atoms with van der Waals surface area (Å²) in [5.41, 5.74) is 3.95. The SMILES string of the molecule is CC.CCn1c2ccccc2c2cc3c4ccc(C)cc4c4ccccc4c3cc21. The second-order valence-electron chi connectivity index (χ2n) is 7.77. The first kappa shape index (κ1) is 18.7. The summed E-state index contributed by atoms with van der Waals surface area (Å²) in [6.07, 6.45) is 0. The van der Waals surface area contributed by atoms with Crippen LogP contribution in [0.4, 0.5) is 0 Å². The van der Waals surface area contributed by atoms with E-state index in [2.05, 4.69) is 97.3 Å². The molecule has 0 saturated carbocycles. The largest absolute Gasteiger partial charge is 0.341 e. The topological polar surface area (TPSA) is 4.93 Å². The highest BCUT2D eigenvalue weighted by Crippen LogP contribution is 2.39. The Bertz CT molecular complexity index is 1550. The van der Waals surface area contributed by atoms with Gasteiger partial charge in [0.05, 0.1) is 0 Å².